The van der Waals surface area contributed by atoms with Crippen molar-refractivity contribution < 1.29 is 5.11 Å². The van der Waals surface area contributed by atoms with Crippen LogP contribution in [0.25, 0.3) is 0 Å². The first-order chi connectivity index (χ1) is 10.2. The van der Waals surface area contributed by atoms with Crippen molar-refractivity contribution in [3.05, 3.63) is 23.8 Å². The lowest BCUT2D eigenvalue weighted by atomic mass is 9.98. The Bertz CT molecular complexity index is 515. The summed E-state index contributed by atoms with van der Waals surface area (Å²) in [5.74, 6) is 0.757. The first-order valence-corrected chi connectivity index (χ1v) is 8.26. The second-order valence-corrected chi connectivity index (χ2v) is 6.96. The zero-order valence-corrected chi connectivity index (χ0v) is 12.5. The molecule has 2 aliphatic heterocycles. The van der Waals surface area contributed by atoms with E-state index in [1.54, 1.807) is 0 Å². The molecule has 0 radical (unpaired) electrons. The molecule has 1 aromatic carbocycles. The van der Waals surface area contributed by atoms with Crippen LogP contribution in [-0.4, -0.2) is 48.3 Å². The van der Waals surface area contributed by atoms with E-state index in [4.69, 9.17) is 5.73 Å². The molecule has 4 nitrogen and oxygen atoms in total. The van der Waals surface area contributed by atoms with E-state index < -0.39 is 0 Å². The number of nitrogen functional groups attached to an aromatic ring is 1. The van der Waals surface area contributed by atoms with Gasteiger partial charge in [-0.3, -0.25) is 4.90 Å². The molecule has 0 atom stereocenters. The maximum absolute atomic E-state index is 9.43. The Kier molecular flexibility index (Phi) is 3.31. The molecule has 0 amide bonds. The lowest BCUT2D eigenvalue weighted by Gasteiger charge is -2.45. The zero-order chi connectivity index (χ0) is 14.4. The highest BCUT2D eigenvalue weighted by Gasteiger charge is 2.33. The van der Waals surface area contributed by atoms with Crippen molar-refractivity contribution in [2.24, 2.45) is 0 Å². The summed E-state index contributed by atoms with van der Waals surface area (Å²) in [6, 6.07) is 7.28. The maximum Gasteiger partial charge on any atom is 0.0794 e. The molecule has 0 unspecified atom stereocenters. The van der Waals surface area contributed by atoms with Crippen LogP contribution in [0, 0.1) is 0 Å². The van der Waals surface area contributed by atoms with Crippen molar-refractivity contribution in [3.8, 4) is 0 Å². The van der Waals surface area contributed by atoms with Crippen molar-refractivity contribution in [3.63, 3.8) is 0 Å². The largest absolute Gasteiger partial charge is 0.399 e. The lowest BCUT2D eigenvalue weighted by molar-refractivity contribution is -0.0300. The molecule has 4 rings (SSSR count). The number of anilines is 2. The summed E-state index contributed by atoms with van der Waals surface area (Å²) < 4.78 is 0. The number of hydrogen-bond donors (Lipinski definition) is 2. The van der Waals surface area contributed by atoms with Crippen LogP contribution >= 0.6 is 0 Å². The minimum Gasteiger partial charge on any atom is -0.399 e. The fraction of sp³-hybridized carbons (Fsp3) is 0.647. The molecule has 1 aliphatic carbocycles. The van der Waals surface area contributed by atoms with Crippen LogP contribution in [0.15, 0.2) is 18.2 Å². The Hall–Kier alpha value is -1.26. The third-order valence-electron chi connectivity index (χ3n) is 5.25. The molecule has 2 saturated heterocycles. The highest BCUT2D eigenvalue weighted by Crippen LogP contribution is 2.42. The van der Waals surface area contributed by atoms with Crippen LogP contribution < -0.4 is 10.6 Å². The van der Waals surface area contributed by atoms with E-state index in [1.807, 2.05) is 0 Å². The molecular formula is C17H25N3O. The number of likely N-dealkylation sites (tertiary alicyclic amines) is 1. The Balaban J connectivity index is 1.41. The van der Waals surface area contributed by atoms with E-state index in [2.05, 4.69) is 28.0 Å². The maximum atomic E-state index is 9.43. The van der Waals surface area contributed by atoms with Gasteiger partial charge in [0.1, 0.15) is 0 Å². The normalized spacial score (nSPS) is 25.1. The molecule has 0 aromatic heterocycles. The Morgan fingerprint density at radius 2 is 1.71 bits per heavy atom. The van der Waals surface area contributed by atoms with Crippen LogP contribution in [0.1, 0.15) is 37.2 Å². The highest BCUT2D eigenvalue weighted by atomic mass is 16.3. The predicted octanol–water partition coefficient (Wildman–Crippen LogP) is 1.79. The van der Waals surface area contributed by atoms with Crippen LogP contribution in [-0.2, 0) is 0 Å². The SMILES string of the molecule is Nc1cc(C2CC2)cc(N2CCC(N3CC(O)C3)CC2)c1. The van der Waals surface area contributed by atoms with E-state index in [1.165, 1.54) is 36.9 Å². The third-order valence-corrected chi connectivity index (χ3v) is 5.25. The summed E-state index contributed by atoms with van der Waals surface area (Å²) in [4.78, 5) is 4.91. The monoisotopic (exact) mass is 287 g/mol. The van der Waals surface area contributed by atoms with Crippen LogP contribution in [0.2, 0.25) is 0 Å². The molecule has 0 spiro atoms. The molecule has 114 valence electrons. The summed E-state index contributed by atoms with van der Waals surface area (Å²) in [6.07, 6.45) is 4.95. The summed E-state index contributed by atoms with van der Waals surface area (Å²) in [6.45, 7) is 3.94. The topological polar surface area (TPSA) is 52.7 Å². The molecule has 21 heavy (non-hydrogen) atoms. The molecule has 3 fully saturated rings. The highest BCUT2D eigenvalue weighted by molar-refractivity contribution is 5.59. The van der Waals surface area contributed by atoms with Gasteiger partial charge in [-0.15, -0.1) is 0 Å². The average molecular weight is 287 g/mol. The van der Waals surface area contributed by atoms with Crippen LogP contribution in [0.5, 0.6) is 0 Å². The number of hydrogen-bond acceptors (Lipinski definition) is 4. The molecule has 2 heterocycles. The van der Waals surface area contributed by atoms with Crippen molar-refractivity contribution >= 4 is 11.4 Å². The minimum atomic E-state index is -0.0851. The molecule has 4 heteroatoms. The Labute approximate surface area is 126 Å². The number of nitrogens with two attached hydrogens (primary N) is 1. The quantitative estimate of drug-likeness (QED) is 0.832. The zero-order valence-electron chi connectivity index (χ0n) is 12.5. The summed E-state index contributed by atoms with van der Waals surface area (Å²) in [5, 5.41) is 9.43. The average Bonchev–Trinajstić information content (AvgIpc) is 3.28. The fourth-order valence-corrected chi connectivity index (χ4v) is 3.77. The number of piperidine rings is 1. The predicted molar refractivity (Wildman–Crippen MR) is 85.6 cm³/mol. The summed E-state index contributed by atoms with van der Waals surface area (Å²) >= 11 is 0. The van der Waals surface area contributed by atoms with Crippen molar-refractivity contribution in [1.82, 2.24) is 4.90 Å². The second kappa shape index (κ2) is 5.18. The Morgan fingerprint density at radius 1 is 1.00 bits per heavy atom. The van der Waals surface area contributed by atoms with Gasteiger partial charge in [0, 0.05) is 43.6 Å². The van der Waals surface area contributed by atoms with Gasteiger partial charge in [0.25, 0.3) is 0 Å². The number of rotatable bonds is 3. The number of aliphatic hydroxyl groups is 1. The van der Waals surface area contributed by atoms with Gasteiger partial charge in [-0.2, -0.15) is 0 Å². The smallest absolute Gasteiger partial charge is 0.0794 e. The van der Waals surface area contributed by atoms with E-state index in [9.17, 15) is 5.11 Å². The first kappa shape index (κ1) is 13.4. The summed E-state index contributed by atoms with van der Waals surface area (Å²) in [7, 11) is 0. The standard InChI is InChI=1S/C17H25N3O/c18-14-7-13(12-1-2-12)8-16(9-14)19-5-3-15(4-6-19)20-10-17(21)11-20/h7-9,12,15,17,21H,1-6,10-11,18H2. The van der Waals surface area contributed by atoms with Crippen molar-refractivity contribution in [2.75, 3.05) is 36.8 Å². The molecular weight excluding hydrogens is 262 g/mol. The summed E-state index contributed by atoms with van der Waals surface area (Å²) in [5.41, 5.74) is 9.73. The number of aliphatic hydroxyl groups excluding tert-OH is 1. The van der Waals surface area contributed by atoms with Crippen molar-refractivity contribution in [2.45, 2.75) is 43.7 Å². The van der Waals surface area contributed by atoms with E-state index in [0.717, 1.165) is 37.8 Å². The van der Waals surface area contributed by atoms with Gasteiger partial charge >= 0.3 is 0 Å². The molecule has 1 aromatic rings. The molecule has 0 bridgehead atoms. The molecule has 3 aliphatic rings. The van der Waals surface area contributed by atoms with Gasteiger partial charge < -0.3 is 15.7 Å². The van der Waals surface area contributed by atoms with Gasteiger partial charge in [0.15, 0.2) is 0 Å². The van der Waals surface area contributed by atoms with Crippen LogP contribution in [0.4, 0.5) is 11.4 Å². The van der Waals surface area contributed by atoms with Gasteiger partial charge in [-0.05, 0) is 55.4 Å². The van der Waals surface area contributed by atoms with Gasteiger partial charge in [0.05, 0.1) is 6.10 Å². The van der Waals surface area contributed by atoms with Gasteiger partial charge in [-0.1, -0.05) is 0 Å². The van der Waals surface area contributed by atoms with Gasteiger partial charge in [-0.25, -0.2) is 0 Å². The van der Waals surface area contributed by atoms with E-state index >= 15 is 0 Å². The number of β-amino-alcohol motifs (C(OH)–C–C–N with tert-alkyl or cyclic N) is 1. The molecule has 1 saturated carbocycles. The second-order valence-electron chi connectivity index (χ2n) is 6.96. The number of benzene rings is 1. The van der Waals surface area contributed by atoms with Crippen molar-refractivity contribution in [1.29, 1.82) is 0 Å². The third kappa shape index (κ3) is 2.74. The van der Waals surface area contributed by atoms with Crippen LogP contribution in [0.3, 0.4) is 0 Å². The lowest BCUT2D eigenvalue weighted by Crippen LogP contribution is -2.57. The first-order valence-electron chi connectivity index (χ1n) is 8.26. The van der Waals surface area contributed by atoms with Gasteiger partial charge in [0.2, 0.25) is 0 Å². The van der Waals surface area contributed by atoms with E-state index in [0.29, 0.717) is 6.04 Å². The number of nitrogens with zero attached hydrogens (tertiary/aromatic N) is 2. The molecule has 3 N–H and O–H groups in total. The minimum absolute atomic E-state index is 0.0851. The Morgan fingerprint density at radius 3 is 2.33 bits per heavy atom. The fourth-order valence-electron chi connectivity index (χ4n) is 3.77. The van der Waals surface area contributed by atoms with E-state index in [-0.39, 0.29) is 6.10 Å².